The molecule has 0 spiro atoms. The Kier molecular flexibility index (Phi) is 5.97. The number of nitriles is 1. The van der Waals surface area contributed by atoms with Crippen LogP contribution in [-0.4, -0.2) is 24.7 Å². The van der Waals surface area contributed by atoms with E-state index in [1.165, 1.54) is 15.2 Å². The normalized spacial score (nSPS) is 11.3. The maximum atomic E-state index is 12.6. The lowest BCUT2D eigenvalue weighted by atomic mass is 10.1. The van der Waals surface area contributed by atoms with Crippen molar-refractivity contribution in [2.75, 3.05) is 5.32 Å². The number of para-hydroxylation sites is 1. The van der Waals surface area contributed by atoms with Gasteiger partial charge in [0.05, 0.1) is 19.0 Å². The molecular formula is C27H22N6O2. The van der Waals surface area contributed by atoms with Gasteiger partial charge in [-0.2, -0.15) is 5.26 Å². The Hall–Kier alpha value is -4.90. The molecule has 0 saturated heterocycles. The third-order valence-electron chi connectivity index (χ3n) is 5.71. The first-order valence-electron chi connectivity index (χ1n) is 11.2. The van der Waals surface area contributed by atoms with Gasteiger partial charge in [-0.25, -0.2) is 9.48 Å². The summed E-state index contributed by atoms with van der Waals surface area (Å²) < 4.78 is 4.92. The Bertz CT molecular complexity index is 1660. The molecular weight excluding hydrogens is 440 g/mol. The van der Waals surface area contributed by atoms with Crippen LogP contribution in [0.25, 0.3) is 22.6 Å². The van der Waals surface area contributed by atoms with Gasteiger partial charge in [0.1, 0.15) is 0 Å². The molecule has 1 amide bonds. The van der Waals surface area contributed by atoms with Crippen LogP contribution in [0.5, 0.6) is 0 Å². The van der Waals surface area contributed by atoms with Crippen molar-refractivity contribution in [2.24, 2.45) is 0 Å². The van der Waals surface area contributed by atoms with Crippen LogP contribution in [0.15, 0.2) is 90.0 Å². The Labute approximate surface area is 201 Å². The summed E-state index contributed by atoms with van der Waals surface area (Å²) in [4.78, 5) is 25.2. The molecule has 35 heavy (non-hydrogen) atoms. The molecule has 0 bridgehead atoms. The van der Waals surface area contributed by atoms with Gasteiger partial charge >= 0.3 is 5.69 Å². The summed E-state index contributed by atoms with van der Waals surface area (Å²) in [5.74, 6) is -0.263. The highest BCUT2D eigenvalue weighted by Gasteiger charge is 2.09. The third kappa shape index (κ3) is 4.61. The van der Waals surface area contributed by atoms with Gasteiger partial charge in [0.25, 0.3) is 0 Å². The molecule has 3 heterocycles. The van der Waals surface area contributed by atoms with E-state index in [9.17, 15) is 9.59 Å². The number of fused-ring (bicyclic) bond motifs is 2. The predicted molar refractivity (Wildman–Crippen MR) is 135 cm³/mol. The van der Waals surface area contributed by atoms with E-state index in [-0.39, 0.29) is 11.6 Å². The molecule has 8 heteroatoms. The predicted octanol–water partition coefficient (Wildman–Crippen LogP) is 4.06. The summed E-state index contributed by atoms with van der Waals surface area (Å²) in [6.07, 6.45) is 7.33. The minimum absolute atomic E-state index is 0.216. The monoisotopic (exact) mass is 462 g/mol. The summed E-state index contributed by atoms with van der Waals surface area (Å²) in [5.41, 5.74) is 3.78. The number of nitrogens with zero attached hydrogens (tertiary/aromatic N) is 5. The number of rotatable bonds is 7. The highest BCUT2D eigenvalue weighted by molar-refractivity contribution is 6.03. The van der Waals surface area contributed by atoms with E-state index in [4.69, 9.17) is 5.26 Å². The number of nitrogens with one attached hydrogen (secondary N) is 1. The largest absolute Gasteiger partial charge is 0.350 e. The zero-order chi connectivity index (χ0) is 24.2. The number of carbonyl (C=O) groups is 1. The minimum Gasteiger partial charge on any atom is -0.346 e. The molecule has 2 aromatic carbocycles. The van der Waals surface area contributed by atoms with Gasteiger partial charge in [0, 0.05) is 47.2 Å². The Morgan fingerprint density at radius 3 is 2.80 bits per heavy atom. The van der Waals surface area contributed by atoms with E-state index in [1.807, 2.05) is 59.3 Å². The van der Waals surface area contributed by atoms with Crippen LogP contribution in [-0.2, 0) is 17.9 Å². The van der Waals surface area contributed by atoms with E-state index in [0.717, 1.165) is 22.0 Å². The molecule has 0 radical (unpaired) electrons. The maximum absolute atomic E-state index is 12.6. The van der Waals surface area contributed by atoms with E-state index in [0.29, 0.717) is 30.8 Å². The zero-order valence-corrected chi connectivity index (χ0v) is 18.8. The summed E-state index contributed by atoms with van der Waals surface area (Å²) in [6, 6.07) is 22.8. The molecule has 0 fully saturated rings. The first-order chi connectivity index (χ1) is 17.1. The SMILES string of the molecule is N#CCCn1cc(/C=C/C(=O)Nc2cccc(Cn3nc4ccccn4c3=O)c2)c2ccccc21. The first-order valence-corrected chi connectivity index (χ1v) is 11.2. The molecule has 5 aromatic rings. The maximum Gasteiger partial charge on any atom is 0.350 e. The van der Waals surface area contributed by atoms with Crippen molar-refractivity contribution in [2.45, 2.75) is 19.5 Å². The van der Waals surface area contributed by atoms with Crippen molar-refractivity contribution < 1.29 is 4.79 Å². The van der Waals surface area contributed by atoms with Crippen LogP contribution in [0.1, 0.15) is 17.5 Å². The summed E-state index contributed by atoms with van der Waals surface area (Å²) in [5, 5.41) is 17.2. The Morgan fingerprint density at radius 2 is 1.94 bits per heavy atom. The fourth-order valence-corrected chi connectivity index (χ4v) is 4.10. The molecule has 3 aromatic heterocycles. The minimum atomic E-state index is -0.263. The average Bonchev–Trinajstić information content (AvgIpc) is 3.39. The lowest BCUT2D eigenvalue weighted by molar-refractivity contribution is -0.111. The van der Waals surface area contributed by atoms with Gasteiger partial charge in [0.2, 0.25) is 5.91 Å². The molecule has 5 rings (SSSR count). The van der Waals surface area contributed by atoms with Crippen LogP contribution in [0.4, 0.5) is 5.69 Å². The first kappa shape index (κ1) is 21.9. The lowest BCUT2D eigenvalue weighted by Gasteiger charge is -2.05. The van der Waals surface area contributed by atoms with Gasteiger partial charge in [-0.05, 0) is 42.0 Å². The summed E-state index contributed by atoms with van der Waals surface area (Å²) in [6.45, 7) is 0.890. The van der Waals surface area contributed by atoms with Crippen LogP contribution in [0.3, 0.4) is 0 Å². The number of hydrogen-bond donors (Lipinski definition) is 1. The smallest absolute Gasteiger partial charge is 0.346 e. The van der Waals surface area contributed by atoms with Crippen LogP contribution >= 0.6 is 0 Å². The molecule has 172 valence electrons. The average molecular weight is 463 g/mol. The summed E-state index contributed by atoms with van der Waals surface area (Å²) >= 11 is 0. The zero-order valence-electron chi connectivity index (χ0n) is 18.8. The molecule has 1 N–H and O–H groups in total. The van der Waals surface area contributed by atoms with Gasteiger partial charge in [-0.1, -0.05) is 36.4 Å². The van der Waals surface area contributed by atoms with Gasteiger partial charge in [0.15, 0.2) is 5.65 Å². The van der Waals surface area contributed by atoms with E-state index in [1.54, 1.807) is 30.5 Å². The lowest BCUT2D eigenvalue weighted by Crippen LogP contribution is -2.21. The van der Waals surface area contributed by atoms with Crippen molar-refractivity contribution in [1.82, 2.24) is 18.7 Å². The van der Waals surface area contributed by atoms with Crippen LogP contribution < -0.4 is 11.0 Å². The molecule has 0 atom stereocenters. The number of pyridine rings is 1. The number of hydrogen-bond acceptors (Lipinski definition) is 4. The number of aromatic nitrogens is 4. The van der Waals surface area contributed by atoms with Gasteiger partial charge in [-0.15, -0.1) is 5.10 Å². The van der Waals surface area contributed by atoms with Crippen LogP contribution in [0, 0.1) is 11.3 Å². The number of aryl methyl sites for hydroxylation is 1. The fourth-order valence-electron chi connectivity index (χ4n) is 4.10. The number of benzene rings is 2. The van der Waals surface area contributed by atoms with Crippen LogP contribution in [0.2, 0.25) is 0 Å². The summed E-state index contributed by atoms with van der Waals surface area (Å²) in [7, 11) is 0. The van der Waals surface area contributed by atoms with Gasteiger partial charge in [-0.3, -0.25) is 9.20 Å². The number of anilines is 1. The van der Waals surface area contributed by atoms with E-state index < -0.39 is 0 Å². The highest BCUT2D eigenvalue weighted by atomic mass is 16.2. The number of carbonyl (C=O) groups excluding carboxylic acids is 1. The Balaban J connectivity index is 1.31. The van der Waals surface area contributed by atoms with E-state index in [2.05, 4.69) is 16.5 Å². The van der Waals surface area contributed by atoms with Crippen molar-refractivity contribution in [1.29, 1.82) is 5.26 Å². The highest BCUT2D eigenvalue weighted by Crippen LogP contribution is 2.23. The molecule has 0 aliphatic heterocycles. The quantitative estimate of drug-likeness (QED) is 0.369. The Morgan fingerprint density at radius 1 is 1.09 bits per heavy atom. The fraction of sp³-hybridized carbons (Fsp3) is 0.111. The standard InChI is InChI=1S/C27H22N6O2/c28-14-6-15-31-19-21(23-9-1-2-10-24(23)31)12-13-26(34)29-22-8-5-7-20(17-22)18-33-27(35)32-16-4-3-11-25(32)30-33/h1-5,7-13,16-17,19H,6,15,18H2,(H,29,34)/b13-12+. The molecule has 0 aliphatic rings. The molecule has 0 saturated carbocycles. The molecule has 8 nitrogen and oxygen atoms in total. The second-order valence-corrected chi connectivity index (χ2v) is 8.10. The van der Waals surface area contributed by atoms with Gasteiger partial charge < -0.3 is 9.88 Å². The van der Waals surface area contributed by atoms with Crippen molar-refractivity contribution >= 4 is 34.2 Å². The molecule has 0 aliphatic carbocycles. The second kappa shape index (κ2) is 9.53. The van der Waals surface area contributed by atoms with Crippen molar-refractivity contribution in [3.63, 3.8) is 0 Å². The van der Waals surface area contributed by atoms with E-state index >= 15 is 0 Å². The third-order valence-corrected chi connectivity index (χ3v) is 5.71. The number of amides is 1. The topological polar surface area (TPSA) is 97.1 Å². The van der Waals surface area contributed by atoms with Crippen molar-refractivity contribution in [3.05, 3.63) is 107 Å². The van der Waals surface area contributed by atoms with Crippen molar-refractivity contribution in [3.8, 4) is 6.07 Å². The second-order valence-electron chi connectivity index (χ2n) is 8.10. The molecule has 0 unspecified atom stereocenters.